The van der Waals surface area contributed by atoms with Crippen molar-refractivity contribution in [3.8, 4) is 11.5 Å². The van der Waals surface area contributed by atoms with Crippen LogP contribution in [0.4, 0.5) is 0 Å². The van der Waals surface area contributed by atoms with Crippen LogP contribution in [0.1, 0.15) is 63.7 Å². The molecule has 2 aromatic carbocycles. The smallest absolute Gasteiger partial charge is 0.351 e. The van der Waals surface area contributed by atoms with Crippen LogP contribution < -0.4 is 14.8 Å². The third kappa shape index (κ3) is 8.61. The highest BCUT2D eigenvalue weighted by Crippen LogP contribution is 2.36. The number of fused-ring (bicyclic) bond motifs is 1. The Morgan fingerprint density at radius 1 is 0.974 bits per heavy atom. The van der Waals surface area contributed by atoms with Crippen LogP contribution in [0.2, 0.25) is 5.02 Å². The van der Waals surface area contributed by atoms with E-state index in [1.807, 2.05) is 39.0 Å². The van der Waals surface area contributed by atoms with E-state index < -0.39 is 30.3 Å². The molecule has 9 heteroatoms. The summed E-state index contributed by atoms with van der Waals surface area (Å²) in [4.78, 5) is 25.5. The van der Waals surface area contributed by atoms with Crippen LogP contribution in [0.15, 0.2) is 42.5 Å². The van der Waals surface area contributed by atoms with Crippen molar-refractivity contribution < 1.29 is 33.6 Å². The Morgan fingerprint density at radius 3 is 2.21 bits per heavy atom. The Bertz CT molecular complexity index is 1060. The third-order valence-corrected chi connectivity index (χ3v) is 6.41. The molecule has 0 saturated carbocycles. The van der Waals surface area contributed by atoms with Gasteiger partial charge in [-0.15, -0.1) is 0 Å². The number of carbonyl (C=O) groups is 2. The van der Waals surface area contributed by atoms with E-state index in [2.05, 4.69) is 5.32 Å². The van der Waals surface area contributed by atoms with Crippen molar-refractivity contribution in [2.45, 2.75) is 77.2 Å². The van der Waals surface area contributed by atoms with Crippen molar-refractivity contribution in [1.29, 1.82) is 0 Å². The van der Waals surface area contributed by atoms with E-state index >= 15 is 0 Å². The van der Waals surface area contributed by atoms with E-state index in [0.29, 0.717) is 42.3 Å². The van der Waals surface area contributed by atoms with Crippen molar-refractivity contribution in [2.24, 2.45) is 0 Å². The van der Waals surface area contributed by atoms with Crippen LogP contribution in [0.3, 0.4) is 0 Å². The van der Waals surface area contributed by atoms with Gasteiger partial charge in [-0.2, -0.15) is 0 Å². The molecule has 208 valence electrons. The van der Waals surface area contributed by atoms with Crippen LogP contribution >= 0.6 is 11.6 Å². The molecule has 0 fully saturated rings. The van der Waals surface area contributed by atoms with Crippen molar-refractivity contribution >= 4 is 23.5 Å². The molecule has 8 nitrogen and oxygen atoms in total. The van der Waals surface area contributed by atoms with E-state index in [0.717, 1.165) is 24.0 Å². The van der Waals surface area contributed by atoms with Gasteiger partial charge in [0.2, 0.25) is 12.2 Å². The predicted octanol–water partition coefficient (Wildman–Crippen LogP) is 4.79. The minimum absolute atomic E-state index is 0.0301. The van der Waals surface area contributed by atoms with Crippen molar-refractivity contribution in [3.05, 3.63) is 58.6 Å². The van der Waals surface area contributed by atoms with Crippen molar-refractivity contribution in [3.63, 3.8) is 0 Å². The van der Waals surface area contributed by atoms with Gasteiger partial charge in [-0.1, -0.05) is 56.5 Å². The van der Waals surface area contributed by atoms with Gasteiger partial charge in [-0.3, -0.25) is 0 Å². The van der Waals surface area contributed by atoms with E-state index in [9.17, 15) is 14.7 Å². The molecule has 2 aromatic rings. The summed E-state index contributed by atoms with van der Waals surface area (Å²) in [6, 6.07) is 12.6. The minimum Gasteiger partial charge on any atom is -0.470 e. The topological polar surface area (TPSA) is 103 Å². The molecule has 1 heterocycles. The maximum absolute atomic E-state index is 12.8. The fraction of sp³-hybridized carbons (Fsp3) is 0.517. The number of halogens is 1. The summed E-state index contributed by atoms with van der Waals surface area (Å²) in [5.74, 6) is -0.580. The standard InChI is InChI=1S/C29H38ClNO7/c1-4-6-13-35-28(33)26-27(29(34)36-14-7-5-2)38-25-16-20(11-12-24(25)37-26)15-19(3)31-18-23(32)21-9-8-10-22(30)17-21/h8-12,16-17,19,23,26-27,31-32H,4-7,13-15,18H2,1-3H3/t19-,23+,26?,27?/m1/s1. The lowest BCUT2D eigenvalue weighted by Gasteiger charge is -2.31. The second kappa shape index (κ2) is 15.0. The molecule has 0 radical (unpaired) electrons. The van der Waals surface area contributed by atoms with Crippen molar-refractivity contribution in [1.82, 2.24) is 5.32 Å². The van der Waals surface area contributed by atoms with Crippen LogP contribution in [0.5, 0.6) is 11.5 Å². The quantitative estimate of drug-likeness (QED) is 0.257. The van der Waals surface area contributed by atoms with Gasteiger partial charge in [0.1, 0.15) is 0 Å². The summed E-state index contributed by atoms with van der Waals surface area (Å²) in [5, 5.41) is 14.4. The minimum atomic E-state index is -1.26. The molecule has 0 bridgehead atoms. The lowest BCUT2D eigenvalue weighted by molar-refractivity contribution is -0.171. The predicted molar refractivity (Wildman–Crippen MR) is 145 cm³/mol. The molecule has 1 aliphatic rings. The molecule has 0 spiro atoms. The Balaban J connectivity index is 1.65. The maximum Gasteiger partial charge on any atom is 0.351 e. The number of esters is 2. The average Bonchev–Trinajstić information content (AvgIpc) is 2.91. The Labute approximate surface area is 229 Å². The fourth-order valence-corrected chi connectivity index (χ4v) is 4.18. The fourth-order valence-electron chi connectivity index (χ4n) is 3.98. The van der Waals surface area contributed by atoms with Crippen LogP contribution in [-0.2, 0) is 25.5 Å². The number of benzene rings is 2. The summed E-state index contributed by atoms with van der Waals surface area (Å²) < 4.78 is 22.5. The normalized spacial score (nSPS) is 17.9. The number of carbonyl (C=O) groups excluding carboxylic acids is 2. The molecule has 38 heavy (non-hydrogen) atoms. The van der Waals surface area contributed by atoms with Gasteiger partial charge in [0.05, 0.1) is 19.3 Å². The first-order valence-electron chi connectivity index (χ1n) is 13.3. The second-order valence-electron chi connectivity index (χ2n) is 9.48. The zero-order valence-electron chi connectivity index (χ0n) is 22.3. The largest absolute Gasteiger partial charge is 0.470 e. The molecule has 4 atom stereocenters. The van der Waals surface area contributed by atoms with Gasteiger partial charge >= 0.3 is 11.9 Å². The van der Waals surface area contributed by atoms with E-state index in [-0.39, 0.29) is 19.3 Å². The van der Waals surface area contributed by atoms with Gasteiger partial charge in [-0.05, 0) is 61.6 Å². The highest BCUT2D eigenvalue weighted by molar-refractivity contribution is 6.30. The maximum atomic E-state index is 12.8. The summed E-state index contributed by atoms with van der Waals surface area (Å²) in [6.45, 7) is 6.85. The summed E-state index contributed by atoms with van der Waals surface area (Å²) in [7, 11) is 0. The lowest BCUT2D eigenvalue weighted by Crippen LogP contribution is -2.51. The molecule has 2 N–H and O–H groups in total. The first-order valence-corrected chi connectivity index (χ1v) is 13.7. The summed E-state index contributed by atoms with van der Waals surface area (Å²) in [6.07, 6.45) is 0.607. The number of aliphatic hydroxyl groups is 1. The molecule has 3 rings (SSSR count). The highest BCUT2D eigenvalue weighted by atomic mass is 35.5. The Morgan fingerprint density at radius 2 is 1.61 bits per heavy atom. The first kappa shape index (κ1) is 29.7. The van der Waals surface area contributed by atoms with Crippen LogP contribution in [-0.4, -0.2) is 55.1 Å². The zero-order valence-corrected chi connectivity index (χ0v) is 23.0. The van der Waals surface area contributed by atoms with Crippen LogP contribution in [0, 0.1) is 0 Å². The molecule has 2 unspecified atom stereocenters. The number of rotatable bonds is 14. The number of hydrogen-bond donors (Lipinski definition) is 2. The average molecular weight is 548 g/mol. The Kier molecular flexibility index (Phi) is 11.7. The molecular weight excluding hydrogens is 510 g/mol. The van der Waals surface area contributed by atoms with Gasteiger partial charge in [-0.25, -0.2) is 9.59 Å². The lowest BCUT2D eigenvalue weighted by atomic mass is 10.0. The monoisotopic (exact) mass is 547 g/mol. The second-order valence-corrected chi connectivity index (χ2v) is 9.92. The SMILES string of the molecule is CCCCOC(=O)C1Oc2ccc(C[C@@H](C)NC[C@H](O)c3cccc(Cl)c3)cc2OC1C(=O)OCCCC. The first-order chi connectivity index (χ1) is 18.3. The third-order valence-electron chi connectivity index (χ3n) is 6.18. The Hall–Kier alpha value is -2.81. The van der Waals surface area contributed by atoms with E-state index in [4.69, 9.17) is 30.5 Å². The number of ether oxygens (including phenoxy) is 4. The number of hydrogen-bond acceptors (Lipinski definition) is 8. The van der Waals surface area contributed by atoms with E-state index in [1.165, 1.54) is 0 Å². The number of unbranched alkanes of at least 4 members (excludes halogenated alkanes) is 2. The number of aliphatic hydroxyl groups excluding tert-OH is 1. The molecular formula is C29H38ClNO7. The molecule has 0 amide bonds. The van der Waals surface area contributed by atoms with Gasteiger partial charge in [0, 0.05) is 17.6 Å². The summed E-state index contributed by atoms with van der Waals surface area (Å²) >= 11 is 6.02. The molecule has 1 aliphatic heterocycles. The van der Waals surface area contributed by atoms with Crippen LogP contribution in [0.25, 0.3) is 0 Å². The van der Waals surface area contributed by atoms with E-state index in [1.54, 1.807) is 24.3 Å². The summed E-state index contributed by atoms with van der Waals surface area (Å²) in [5.41, 5.74) is 1.68. The molecule has 0 aliphatic carbocycles. The van der Waals surface area contributed by atoms with Gasteiger partial charge in [0.25, 0.3) is 0 Å². The molecule has 0 aromatic heterocycles. The molecule has 0 saturated heterocycles. The van der Waals surface area contributed by atoms with Gasteiger partial charge < -0.3 is 29.4 Å². The zero-order chi connectivity index (χ0) is 27.5. The van der Waals surface area contributed by atoms with Gasteiger partial charge in [0.15, 0.2) is 11.5 Å². The highest BCUT2D eigenvalue weighted by Gasteiger charge is 2.44. The number of nitrogens with one attached hydrogen (secondary N) is 1. The van der Waals surface area contributed by atoms with Crippen molar-refractivity contribution in [2.75, 3.05) is 19.8 Å².